The van der Waals surface area contributed by atoms with Crippen molar-refractivity contribution < 1.29 is 9.84 Å². The minimum Gasteiger partial charge on any atom is -0.394 e. The Morgan fingerprint density at radius 2 is 2.60 bits per heavy atom. The first kappa shape index (κ1) is 11.1. The number of ether oxygens (including phenoxy) is 1. The number of aliphatic hydroxyl groups is 1. The van der Waals surface area contributed by atoms with Crippen molar-refractivity contribution in [3.05, 3.63) is 21.9 Å². The quantitative estimate of drug-likeness (QED) is 0.818. The lowest BCUT2D eigenvalue weighted by Gasteiger charge is -2.20. The monoisotopic (exact) mass is 227 g/mol. The first-order valence-electron chi connectivity index (χ1n) is 5.30. The molecular formula is C11H17NO2S. The highest BCUT2D eigenvalue weighted by Gasteiger charge is 2.21. The van der Waals surface area contributed by atoms with Crippen molar-refractivity contribution in [3.8, 4) is 0 Å². The molecule has 2 N–H and O–H groups in total. The Labute approximate surface area is 94.1 Å². The van der Waals surface area contributed by atoms with E-state index in [9.17, 15) is 5.11 Å². The van der Waals surface area contributed by atoms with Gasteiger partial charge in [-0.3, -0.25) is 0 Å². The standard InChI is InChI=1S/C11H17NO2S/c1-8-3-5-15-11(8)10(6-13)12-9-2-4-14-7-9/h3,5,9-10,12-13H,2,4,6-7H2,1H3. The van der Waals surface area contributed by atoms with Gasteiger partial charge in [-0.05, 0) is 30.4 Å². The maximum atomic E-state index is 9.39. The normalized spacial score (nSPS) is 23.2. The summed E-state index contributed by atoms with van der Waals surface area (Å²) in [5.41, 5.74) is 1.26. The third-order valence-electron chi connectivity index (χ3n) is 2.77. The SMILES string of the molecule is Cc1ccsc1C(CO)NC1CCOC1. The Balaban J connectivity index is 2.00. The lowest BCUT2D eigenvalue weighted by molar-refractivity contribution is 0.181. The summed E-state index contributed by atoms with van der Waals surface area (Å²) in [6.45, 7) is 3.83. The van der Waals surface area contributed by atoms with E-state index in [0.717, 1.165) is 19.6 Å². The maximum Gasteiger partial charge on any atom is 0.0655 e. The zero-order chi connectivity index (χ0) is 10.7. The second kappa shape index (κ2) is 5.07. The first-order valence-corrected chi connectivity index (χ1v) is 6.18. The molecule has 1 aromatic rings. The number of hydrogen-bond donors (Lipinski definition) is 2. The van der Waals surface area contributed by atoms with Gasteiger partial charge in [0.1, 0.15) is 0 Å². The van der Waals surface area contributed by atoms with Gasteiger partial charge in [0.05, 0.1) is 19.3 Å². The molecule has 2 heterocycles. The van der Waals surface area contributed by atoms with Gasteiger partial charge in [0.15, 0.2) is 0 Å². The van der Waals surface area contributed by atoms with Crippen molar-refractivity contribution in [1.82, 2.24) is 5.32 Å². The van der Waals surface area contributed by atoms with E-state index in [1.54, 1.807) is 11.3 Å². The highest BCUT2D eigenvalue weighted by Crippen LogP contribution is 2.24. The number of rotatable bonds is 4. The number of hydrogen-bond acceptors (Lipinski definition) is 4. The molecule has 2 unspecified atom stereocenters. The summed E-state index contributed by atoms with van der Waals surface area (Å²) in [5.74, 6) is 0. The number of aryl methyl sites for hydroxylation is 1. The van der Waals surface area contributed by atoms with Crippen LogP contribution >= 0.6 is 11.3 Å². The van der Waals surface area contributed by atoms with Crippen LogP contribution in [0.25, 0.3) is 0 Å². The summed E-state index contributed by atoms with van der Waals surface area (Å²) in [6.07, 6.45) is 1.04. The molecule has 1 aliphatic rings. The zero-order valence-corrected chi connectivity index (χ0v) is 9.72. The van der Waals surface area contributed by atoms with Crippen LogP contribution in [0.4, 0.5) is 0 Å². The Morgan fingerprint density at radius 3 is 3.13 bits per heavy atom. The molecule has 1 aromatic heterocycles. The minimum absolute atomic E-state index is 0.0664. The molecule has 1 aliphatic heterocycles. The number of thiophene rings is 1. The molecule has 0 saturated carbocycles. The average molecular weight is 227 g/mol. The first-order chi connectivity index (χ1) is 7.31. The summed E-state index contributed by atoms with van der Waals surface area (Å²) >= 11 is 1.70. The molecule has 0 amide bonds. The molecule has 0 radical (unpaired) electrons. The van der Waals surface area contributed by atoms with Crippen molar-refractivity contribution in [2.24, 2.45) is 0 Å². The largest absolute Gasteiger partial charge is 0.394 e. The lowest BCUT2D eigenvalue weighted by atomic mass is 10.1. The fourth-order valence-corrected chi connectivity index (χ4v) is 2.88. The van der Waals surface area contributed by atoms with Gasteiger partial charge in [-0.1, -0.05) is 0 Å². The molecule has 3 nitrogen and oxygen atoms in total. The van der Waals surface area contributed by atoms with Gasteiger partial charge in [0.25, 0.3) is 0 Å². The van der Waals surface area contributed by atoms with Crippen LogP contribution in [0.1, 0.15) is 22.9 Å². The lowest BCUT2D eigenvalue weighted by Crippen LogP contribution is -2.34. The molecule has 1 saturated heterocycles. The Kier molecular flexibility index (Phi) is 3.75. The predicted molar refractivity (Wildman–Crippen MR) is 61.2 cm³/mol. The Morgan fingerprint density at radius 1 is 1.73 bits per heavy atom. The van der Waals surface area contributed by atoms with Crippen LogP contribution in [0.3, 0.4) is 0 Å². The van der Waals surface area contributed by atoms with E-state index in [1.807, 2.05) is 0 Å². The van der Waals surface area contributed by atoms with Gasteiger partial charge in [-0.25, -0.2) is 0 Å². The van der Waals surface area contributed by atoms with Gasteiger partial charge >= 0.3 is 0 Å². The summed E-state index contributed by atoms with van der Waals surface area (Å²) in [4.78, 5) is 1.24. The highest BCUT2D eigenvalue weighted by atomic mass is 32.1. The van der Waals surface area contributed by atoms with Crippen LogP contribution < -0.4 is 5.32 Å². The van der Waals surface area contributed by atoms with Crippen molar-refractivity contribution in [2.75, 3.05) is 19.8 Å². The topological polar surface area (TPSA) is 41.5 Å². The van der Waals surface area contributed by atoms with E-state index >= 15 is 0 Å². The molecule has 2 rings (SSSR count). The van der Waals surface area contributed by atoms with E-state index in [2.05, 4.69) is 23.7 Å². The van der Waals surface area contributed by atoms with Gasteiger partial charge in [0.2, 0.25) is 0 Å². The fraction of sp³-hybridized carbons (Fsp3) is 0.636. The second-order valence-electron chi connectivity index (χ2n) is 3.93. The highest BCUT2D eigenvalue weighted by molar-refractivity contribution is 7.10. The molecular weight excluding hydrogens is 210 g/mol. The third-order valence-corrected chi connectivity index (χ3v) is 3.90. The molecule has 4 heteroatoms. The Bertz CT molecular complexity index is 307. The van der Waals surface area contributed by atoms with E-state index in [0.29, 0.717) is 6.04 Å². The van der Waals surface area contributed by atoms with E-state index < -0.39 is 0 Å². The van der Waals surface area contributed by atoms with Gasteiger partial charge in [-0.15, -0.1) is 11.3 Å². The summed E-state index contributed by atoms with van der Waals surface area (Å²) in [5, 5.41) is 14.9. The molecule has 0 aliphatic carbocycles. The van der Waals surface area contributed by atoms with Crippen LogP contribution in [0.15, 0.2) is 11.4 Å². The molecule has 0 aromatic carbocycles. The van der Waals surface area contributed by atoms with Gasteiger partial charge in [-0.2, -0.15) is 0 Å². The molecule has 15 heavy (non-hydrogen) atoms. The van der Waals surface area contributed by atoms with E-state index in [-0.39, 0.29) is 12.6 Å². The van der Waals surface area contributed by atoms with Crippen molar-refractivity contribution in [3.63, 3.8) is 0 Å². The predicted octanol–water partition coefficient (Wildman–Crippen LogP) is 1.47. The minimum atomic E-state index is 0.0664. The summed E-state index contributed by atoms with van der Waals surface area (Å²) in [6, 6.07) is 2.55. The smallest absolute Gasteiger partial charge is 0.0655 e. The third kappa shape index (κ3) is 2.58. The molecule has 84 valence electrons. The average Bonchev–Trinajstić information content (AvgIpc) is 2.85. The van der Waals surface area contributed by atoms with Crippen LogP contribution in [0.5, 0.6) is 0 Å². The van der Waals surface area contributed by atoms with E-state index in [4.69, 9.17) is 4.74 Å². The molecule has 0 bridgehead atoms. The van der Waals surface area contributed by atoms with Crippen LogP contribution in [-0.2, 0) is 4.74 Å². The van der Waals surface area contributed by atoms with Crippen molar-refractivity contribution >= 4 is 11.3 Å². The fourth-order valence-electron chi connectivity index (χ4n) is 1.90. The molecule has 0 spiro atoms. The summed E-state index contributed by atoms with van der Waals surface area (Å²) in [7, 11) is 0. The van der Waals surface area contributed by atoms with Gasteiger partial charge in [0, 0.05) is 17.5 Å². The molecule has 2 atom stereocenters. The Hall–Kier alpha value is -0.420. The van der Waals surface area contributed by atoms with Gasteiger partial charge < -0.3 is 15.2 Å². The van der Waals surface area contributed by atoms with Crippen LogP contribution in [0.2, 0.25) is 0 Å². The van der Waals surface area contributed by atoms with E-state index in [1.165, 1.54) is 10.4 Å². The number of nitrogens with one attached hydrogen (secondary N) is 1. The van der Waals surface area contributed by atoms with Crippen molar-refractivity contribution in [2.45, 2.75) is 25.4 Å². The zero-order valence-electron chi connectivity index (χ0n) is 8.90. The molecule has 1 fully saturated rings. The maximum absolute atomic E-state index is 9.39. The second-order valence-corrected chi connectivity index (χ2v) is 4.88. The van der Waals surface area contributed by atoms with Crippen molar-refractivity contribution in [1.29, 1.82) is 0 Å². The van der Waals surface area contributed by atoms with Crippen LogP contribution in [-0.4, -0.2) is 31.0 Å². The van der Waals surface area contributed by atoms with Crippen LogP contribution in [0, 0.1) is 6.92 Å². The summed E-state index contributed by atoms with van der Waals surface area (Å²) < 4.78 is 5.31. The number of aliphatic hydroxyl groups excluding tert-OH is 1.